The number of aliphatic hydroxyl groups excluding tert-OH is 1. The first-order valence-electron chi connectivity index (χ1n) is 8.60. The Balaban J connectivity index is 1.75. The van der Waals surface area contributed by atoms with Crippen LogP contribution in [-0.2, 0) is 4.79 Å². The summed E-state index contributed by atoms with van der Waals surface area (Å²) in [6.45, 7) is 2.17. The van der Waals surface area contributed by atoms with Gasteiger partial charge < -0.3 is 10.4 Å². The molecule has 1 amide bonds. The number of aromatic nitrogens is 1. The number of aliphatic hydroxyl groups is 1. The molecule has 3 unspecified atom stereocenters. The van der Waals surface area contributed by atoms with Gasteiger partial charge in [0.2, 0.25) is 5.91 Å². The monoisotopic (exact) mass is 344 g/mol. The van der Waals surface area contributed by atoms with Gasteiger partial charge in [0.1, 0.15) is 0 Å². The van der Waals surface area contributed by atoms with E-state index < -0.39 is 0 Å². The predicted octanol–water partition coefficient (Wildman–Crippen LogP) is 3.62. The lowest BCUT2D eigenvalue weighted by Gasteiger charge is -2.27. The standard InChI is InChI=1S/C19H24N2O2S/c1-13(7-6-12-22)20-18(23)14-8-2-3-9-15(14)19-21-16-10-4-5-11-17(16)24-19/h2-5,10-11,13-15,22H,6-9,12H2,1H3,(H,20,23). The van der Waals surface area contributed by atoms with Crippen LogP contribution < -0.4 is 5.32 Å². The molecule has 0 spiro atoms. The summed E-state index contributed by atoms with van der Waals surface area (Å²) in [5.74, 6) is 0.193. The number of nitrogens with one attached hydrogen (secondary N) is 1. The van der Waals surface area contributed by atoms with E-state index in [1.165, 1.54) is 4.70 Å². The third-order valence-corrected chi connectivity index (χ3v) is 5.75. The normalized spacial score (nSPS) is 21.8. The first kappa shape index (κ1) is 17.1. The molecule has 24 heavy (non-hydrogen) atoms. The number of allylic oxidation sites excluding steroid dienone is 2. The van der Waals surface area contributed by atoms with E-state index in [4.69, 9.17) is 10.1 Å². The molecule has 3 rings (SSSR count). The number of thiazole rings is 1. The quantitative estimate of drug-likeness (QED) is 0.787. The molecule has 128 valence electrons. The number of benzene rings is 1. The average molecular weight is 344 g/mol. The van der Waals surface area contributed by atoms with Crippen molar-refractivity contribution in [1.29, 1.82) is 0 Å². The molecule has 1 aliphatic rings. The molecule has 1 aliphatic carbocycles. The summed E-state index contributed by atoms with van der Waals surface area (Å²) in [6.07, 6.45) is 7.41. The van der Waals surface area contributed by atoms with Gasteiger partial charge in [-0.15, -0.1) is 11.3 Å². The van der Waals surface area contributed by atoms with Gasteiger partial charge in [-0.05, 0) is 44.7 Å². The summed E-state index contributed by atoms with van der Waals surface area (Å²) in [5.41, 5.74) is 1.02. The lowest BCUT2D eigenvalue weighted by Crippen LogP contribution is -2.40. The smallest absolute Gasteiger partial charge is 0.224 e. The maximum Gasteiger partial charge on any atom is 0.224 e. The number of fused-ring (bicyclic) bond motifs is 1. The summed E-state index contributed by atoms with van der Waals surface area (Å²) >= 11 is 1.70. The molecule has 0 fully saturated rings. The fourth-order valence-electron chi connectivity index (χ4n) is 3.25. The summed E-state index contributed by atoms with van der Waals surface area (Å²) in [7, 11) is 0. The fraction of sp³-hybridized carbons (Fsp3) is 0.474. The second-order valence-electron chi connectivity index (χ2n) is 6.45. The van der Waals surface area contributed by atoms with E-state index in [9.17, 15) is 4.79 Å². The van der Waals surface area contributed by atoms with Gasteiger partial charge in [0, 0.05) is 18.6 Å². The molecule has 1 aromatic heterocycles. The third kappa shape index (κ3) is 3.84. The van der Waals surface area contributed by atoms with Gasteiger partial charge in [0.25, 0.3) is 0 Å². The van der Waals surface area contributed by atoms with Crippen LogP contribution in [0, 0.1) is 5.92 Å². The van der Waals surface area contributed by atoms with Crippen molar-refractivity contribution in [3.8, 4) is 0 Å². The van der Waals surface area contributed by atoms with Crippen molar-refractivity contribution >= 4 is 27.5 Å². The van der Waals surface area contributed by atoms with Crippen molar-refractivity contribution in [3.05, 3.63) is 41.4 Å². The van der Waals surface area contributed by atoms with Gasteiger partial charge in [-0.25, -0.2) is 4.98 Å². The van der Waals surface area contributed by atoms with Gasteiger partial charge >= 0.3 is 0 Å². The predicted molar refractivity (Wildman–Crippen MR) is 98.1 cm³/mol. The maximum atomic E-state index is 12.7. The highest BCUT2D eigenvalue weighted by atomic mass is 32.1. The molecule has 0 saturated carbocycles. The third-order valence-electron chi connectivity index (χ3n) is 4.58. The molecule has 4 nitrogen and oxygen atoms in total. The minimum absolute atomic E-state index is 0.0628. The van der Waals surface area contributed by atoms with E-state index in [0.29, 0.717) is 6.42 Å². The first-order chi connectivity index (χ1) is 11.7. The summed E-state index contributed by atoms with van der Waals surface area (Å²) in [4.78, 5) is 17.5. The van der Waals surface area contributed by atoms with Gasteiger partial charge in [-0.1, -0.05) is 24.3 Å². The van der Waals surface area contributed by atoms with Gasteiger partial charge in [0.15, 0.2) is 0 Å². The Labute approximate surface area is 146 Å². The Kier molecular flexibility index (Phi) is 5.63. The minimum atomic E-state index is -0.0628. The van der Waals surface area contributed by atoms with E-state index in [2.05, 4.69) is 23.5 Å². The van der Waals surface area contributed by atoms with Gasteiger partial charge in [-0.2, -0.15) is 0 Å². The van der Waals surface area contributed by atoms with Crippen LogP contribution in [0.1, 0.15) is 43.5 Å². The van der Waals surface area contributed by atoms with Crippen molar-refractivity contribution in [2.45, 2.75) is 44.6 Å². The highest BCUT2D eigenvalue weighted by Gasteiger charge is 2.32. The number of rotatable bonds is 6. The molecule has 0 radical (unpaired) electrons. The second kappa shape index (κ2) is 7.90. The Morgan fingerprint density at radius 3 is 2.96 bits per heavy atom. The zero-order valence-corrected chi connectivity index (χ0v) is 14.8. The zero-order valence-electron chi connectivity index (χ0n) is 13.9. The van der Waals surface area contributed by atoms with Crippen molar-refractivity contribution in [2.75, 3.05) is 6.61 Å². The van der Waals surface area contributed by atoms with Crippen LogP contribution >= 0.6 is 11.3 Å². The fourth-order valence-corrected chi connectivity index (χ4v) is 4.39. The number of hydrogen-bond donors (Lipinski definition) is 2. The first-order valence-corrected chi connectivity index (χ1v) is 9.42. The van der Waals surface area contributed by atoms with Crippen molar-refractivity contribution < 1.29 is 9.90 Å². The molecule has 0 saturated heterocycles. The van der Waals surface area contributed by atoms with E-state index in [1.54, 1.807) is 11.3 Å². The second-order valence-corrected chi connectivity index (χ2v) is 7.51. The minimum Gasteiger partial charge on any atom is -0.396 e. The Bertz CT molecular complexity index is 692. The number of carbonyl (C=O) groups excluding carboxylic acids is 1. The molecule has 0 bridgehead atoms. The number of nitrogens with zero attached hydrogens (tertiary/aromatic N) is 1. The maximum absolute atomic E-state index is 12.7. The van der Waals surface area contributed by atoms with Crippen molar-refractivity contribution in [3.63, 3.8) is 0 Å². The zero-order chi connectivity index (χ0) is 16.9. The molecule has 5 heteroatoms. The van der Waals surface area contributed by atoms with Crippen molar-refractivity contribution in [2.24, 2.45) is 5.92 Å². The van der Waals surface area contributed by atoms with Crippen LogP contribution in [-0.4, -0.2) is 28.6 Å². The molecule has 0 aliphatic heterocycles. The Morgan fingerprint density at radius 2 is 2.17 bits per heavy atom. The lowest BCUT2D eigenvalue weighted by atomic mass is 9.82. The van der Waals surface area contributed by atoms with E-state index >= 15 is 0 Å². The van der Waals surface area contributed by atoms with Crippen LogP contribution in [0.15, 0.2) is 36.4 Å². The lowest BCUT2D eigenvalue weighted by molar-refractivity contribution is -0.126. The van der Waals surface area contributed by atoms with Crippen LogP contribution in [0.5, 0.6) is 0 Å². The summed E-state index contributed by atoms with van der Waals surface area (Å²) < 4.78 is 1.18. The highest BCUT2D eigenvalue weighted by Crippen LogP contribution is 2.38. The average Bonchev–Trinajstić information content (AvgIpc) is 3.04. The molecular formula is C19H24N2O2S. The summed E-state index contributed by atoms with van der Waals surface area (Å²) in [5, 5.41) is 13.1. The number of para-hydroxylation sites is 1. The molecule has 1 heterocycles. The molecule has 2 aromatic rings. The Morgan fingerprint density at radius 1 is 1.38 bits per heavy atom. The van der Waals surface area contributed by atoms with E-state index in [-0.39, 0.29) is 30.4 Å². The Hall–Kier alpha value is -1.72. The van der Waals surface area contributed by atoms with Gasteiger partial charge in [-0.3, -0.25) is 4.79 Å². The van der Waals surface area contributed by atoms with Crippen molar-refractivity contribution in [1.82, 2.24) is 10.3 Å². The van der Waals surface area contributed by atoms with E-state index in [1.807, 2.05) is 25.1 Å². The molecular weight excluding hydrogens is 320 g/mol. The van der Waals surface area contributed by atoms with E-state index in [0.717, 1.165) is 29.8 Å². The summed E-state index contributed by atoms with van der Waals surface area (Å²) in [6, 6.07) is 8.23. The SMILES string of the molecule is CC(CCCO)NC(=O)C1CC=CCC1c1nc2ccccc2s1. The highest BCUT2D eigenvalue weighted by molar-refractivity contribution is 7.18. The van der Waals surface area contributed by atoms with Crippen LogP contribution in [0.3, 0.4) is 0 Å². The molecule has 1 aromatic carbocycles. The van der Waals surface area contributed by atoms with Gasteiger partial charge in [0.05, 0.1) is 21.1 Å². The van der Waals surface area contributed by atoms with Crippen LogP contribution in [0.4, 0.5) is 0 Å². The topological polar surface area (TPSA) is 62.2 Å². The van der Waals surface area contributed by atoms with Crippen LogP contribution in [0.25, 0.3) is 10.2 Å². The number of carbonyl (C=O) groups is 1. The number of amides is 1. The van der Waals surface area contributed by atoms with Crippen LogP contribution in [0.2, 0.25) is 0 Å². The molecule has 3 atom stereocenters. The molecule has 2 N–H and O–H groups in total. The number of hydrogen-bond acceptors (Lipinski definition) is 4. The largest absolute Gasteiger partial charge is 0.396 e.